The highest BCUT2D eigenvalue weighted by Gasteiger charge is 2.29. The zero-order valence-corrected chi connectivity index (χ0v) is 12.5. The van der Waals surface area contributed by atoms with Gasteiger partial charge in [-0.3, -0.25) is 4.79 Å². The molecule has 0 saturated heterocycles. The highest BCUT2D eigenvalue weighted by atomic mass is 16.4. The van der Waals surface area contributed by atoms with Gasteiger partial charge in [0.25, 0.3) is 0 Å². The van der Waals surface area contributed by atoms with Crippen molar-refractivity contribution in [3.63, 3.8) is 0 Å². The van der Waals surface area contributed by atoms with Crippen LogP contribution in [-0.4, -0.2) is 35.6 Å². The Morgan fingerprint density at radius 1 is 1.30 bits per heavy atom. The van der Waals surface area contributed by atoms with E-state index in [0.717, 1.165) is 5.56 Å². The summed E-state index contributed by atoms with van der Waals surface area (Å²) in [4.78, 5) is 13.8. The van der Waals surface area contributed by atoms with Crippen LogP contribution in [-0.2, 0) is 4.79 Å². The minimum atomic E-state index is -0.730. The molecule has 3 nitrogen and oxygen atoms in total. The van der Waals surface area contributed by atoms with Gasteiger partial charge in [-0.05, 0) is 31.4 Å². The third-order valence-electron chi connectivity index (χ3n) is 4.60. The van der Waals surface area contributed by atoms with Gasteiger partial charge >= 0.3 is 5.97 Å². The van der Waals surface area contributed by atoms with E-state index >= 15 is 0 Å². The topological polar surface area (TPSA) is 40.5 Å². The number of nitrogens with zero attached hydrogens (tertiary/aromatic N) is 1. The summed E-state index contributed by atoms with van der Waals surface area (Å²) >= 11 is 0. The Balaban J connectivity index is 2.06. The molecule has 0 bridgehead atoms. The maximum absolute atomic E-state index is 11.6. The fourth-order valence-electron chi connectivity index (χ4n) is 3.39. The van der Waals surface area contributed by atoms with E-state index in [2.05, 4.69) is 18.9 Å². The fourth-order valence-corrected chi connectivity index (χ4v) is 3.39. The average Bonchev–Trinajstić information content (AvgIpc) is 2.45. The van der Waals surface area contributed by atoms with Crippen molar-refractivity contribution >= 4 is 5.97 Å². The number of carbonyl (C=O) groups is 1. The average molecular weight is 275 g/mol. The molecule has 1 aromatic rings. The molecule has 2 rings (SSSR count). The second kappa shape index (κ2) is 6.89. The lowest BCUT2D eigenvalue weighted by molar-refractivity contribution is -0.139. The molecular weight excluding hydrogens is 250 g/mol. The summed E-state index contributed by atoms with van der Waals surface area (Å²) in [6.07, 6.45) is 5.03. The molecule has 3 unspecified atom stereocenters. The number of hydrogen-bond acceptors (Lipinski definition) is 2. The number of benzene rings is 1. The molecule has 1 saturated carbocycles. The summed E-state index contributed by atoms with van der Waals surface area (Å²) in [5, 5.41) is 9.51. The molecule has 1 aromatic carbocycles. The first-order chi connectivity index (χ1) is 9.59. The van der Waals surface area contributed by atoms with Crippen LogP contribution in [0.3, 0.4) is 0 Å². The van der Waals surface area contributed by atoms with Crippen LogP contribution in [0.25, 0.3) is 0 Å². The molecule has 0 amide bonds. The van der Waals surface area contributed by atoms with E-state index in [4.69, 9.17) is 0 Å². The van der Waals surface area contributed by atoms with Crippen molar-refractivity contribution in [1.29, 1.82) is 0 Å². The van der Waals surface area contributed by atoms with Crippen LogP contribution in [0.1, 0.15) is 44.1 Å². The van der Waals surface area contributed by atoms with Crippen molar-refractivity contribution in [3.8, 4) is 0 Å². The van der Waals surface area contributed by atoms with Gasteiger partial charge in [0.2, 0.25) is 0 Å². The third-order valence-corrected chi connectivity index (χ3v) is 4.60. The molecule has 0 aliphatic heterocycles. The van der Waals surface area contributed by atoms with Crippen LogP contribution in [0.2, 0.25) is 0 Å². The zero-order chi connectivity index (χ0) is 14.5. The van der Waals surface area contributed by atoms with Gasteiger partial charge in [0.05, 0.1) is 5.92 Å². The summed E-state index contributed by atoms with van der Waals surface area (Å²) in [5.41, 5.74) is 0.898. The third kappa shape index (κ3) is 3.60. The smallest absolute Gasteiger partial charge is 0.312 e. The fraction of sp³-hybridized carbons (Fsp3) is 0.588. The number of carboxylic acids is 1. The van der Waals surface area contributed by atoms with Gasteiger partial charge in [-0.15, -0.1) is 0 Å². The van der Waals surface area contributed by atoms with Crippen LogP contribution < -0.4 is 0 Å². The number of aliphatic carboxylic acids is 1. The Kier molecular flexibility index (Phi) is 5.18. The largest absolute Gasteiger partial charge is 0.481 e. The predicted octanol–water partition coefficient (Wildman–Crippen LogP) is 3.37. The van der Waals surface area contributed by atoms with Gasteiger partial charge in [0, 0.05) is 12.6 Å². The van der Waals surface area contributed by atoms with Crippen molar-refractivity contribution < 1.29 is 9.90 Å². The lowest BCUT2D eigenvalue weighted by Crippen LogP contribution is -2.42. The molecule has 1 aliphatic carbocycles. The van der Waals surface area contributed by atoms with Crippen LogP contribution in [0, 0.1) is 5.92 Å². The number of likely N-dealkylation sites (N-methyl/N-ethyl adjacent to an activating group) is 1. The van der Waals surface area contributed by atoms with E-state index in [1.807, 2.05) is 30.3 Å². The van der Waals surface area contributed by atoms with Crippen LogP contribution in [0.15, 0.2) is 30.3 Å². The summed E-state index contributed by atoms with van der Waals surface area (Å²) in [6.45, 7) is 2.88. The number of hydrogen-bond donors (Lipinski definition) is 1. The maximum atomic E-state index is 11.6. The summed E-state index contributed by atoms with van der Waals surface area (Å²) in [6, 6.07) is 10.1. The van der Waals surface area contributed by atoms with Crippen LogP contribution >= 0.6 is 0 Å². The van der Waals surface area contributed by atoms with Gasteiger partial charge in [-0.1, -0.05) is 50.1 Å². The monoisotopic (exact) mass is 275 g/mol. The molecule has 0 heterocycles. The van der Waals surface area contributed by atoms with Crippen molar-refractivity contribution in [2.45, 2.75) is 44.6 Å². The second-order valence-electron chi connectivity index (χ2n) is 6.07. The van der Waals surface area contributed by atoms with Gasteiger partial charge in [0.1, 0.15) is 0 Å². The first-order valence-corrected chi connectivity index (χ1v) is 7.57. The molecule has 0 aromatic heterocycles. The molecule has 1 N–H and O–H groups in total. The van der Waals surface area contributed by atoms with Crippen molar-refractivity contribution in [3.05, 3.63) is 35.9 Å². The predicted molar refractivity (Wildman–Crippen MR) is 80.9 cm³/mol. The lowest BCUT2D eigenvalue weighted by Gasteiger charge is -2.37. The molecule has 20 heavy (non-hydrogen) atoms. The molecule has 110 valence electrons. The lowest BCUT2D eigenvalue weighted by atomic mass is 9.84. The molecule has 3 atom stereocenters. The molecule has 1 fully saturated rings. The second-order valence-corrected chi connectivity index (χ2v) is 6.07. The van der Waals surface area contributed by atoms with E-state index < -0.39 is 11.9 Å². The molecule has 3 heteroatoms. The zero-order valence-electron chi connectivity index (χ0n) is 12.5. The summed E-state index contributed by atoms with van der Waals surface area (Å²) in [5.74, 6) is -0.499. The highest BCUT2D eigenvalue weighted by molar-refractivity contribution is 5.76. The summed E-state index contributed by atoms with van der Waals surface area (Å²) in [7, 11) is 2.07. The van der Waals surface area contributed by atoms with Gasteiger partial charge in [0.15, 0.2) is 0 Å². The van der Waals surface area contributed by atoms with E-state index in [-0.39, 0.29) is 0 Å². The standard InChI is InChI=1S/C17H25NO2/c1-13-8-6-7-11-16(13)18(2)12-15(17(19)20)14-9-4-3-5-10-14/h3-5,9-10,13,15-16H,6-8,11-12H2,1-2H3,(H,19,20). The normalized spacial score (nSPS) is 24.6. The SMILES string of the molecule is CC1CCCCC1N(C)CC(C(=O)O)c1ccccc1. The Morgan fingerprint density at radius 3 is 2.55 bits per heavy atom. The Hall–Kier alpha value is -1.35. The van der Waals surface area contributed by atoms with Crippen molar-refractivity contribution in [2.24, 2.45) is 5.92 Å². The Morgan fingerprint density at radius 2 is 1.95 bits per heavy atom. The van der Waals surface area contributed by atoms with Gasteiger partial charge in [-0.25, -0.2) is 0 Å². The minimum absolute atomic E-state index is 0.435. The van der Waals surface area contributed by atoms with Crippen molar-refractivity contribution in [1.82, 2.24) is 4.90 Å². The molecular formula is C17H25NO2. The number of carboxylic acid groups (broad SMARTS) is 1. The molecule has 1 aliphatic rings. The van der Waals surface area contributed by atoms with Crippen molar-refractivity contribution in [2.75, 3.05) is 13.6 Å². The van der Waals surface area contributed by atoms with Gasteiger partial charge in [-0.2, -0.15) is 0 Å². The summed E-state index contributed by atoms with van der Waals surface area (Å²) < 4.78 is 0. The van der Waals surface area contributed by atoms with Crippen LogP contribution in [0.4, 0.5) is 0 Å². The molecule has 0 spiro atoms. The minimum Gasteiger partial charge on any atom is -0.481 e. The maximum Gasteiger partial charge on any atom is 0.312 e. The van der Waals surface area contributed by atoms with E-state index in [1.165, 1.54) is 25.7 Å². The first-order valence-electron chi connectivity index (χ1n) is 7.57. The van der Waals surface area contributed by atoms with E-state index in [0.29, 0.717) is 18.5 Å². The quantitative estimate of drug-likeness (QED) is 0.895. The Labute approximate surface area is 121 Å². The highest BCUT2D eigenvalue weighted by Crippen LogP contribution is 2.29. The van der Waals surface area contributed by atoms with Gasteiger partial charge < -0.3 is 10.0 Å². The van der Waals surface area contributed by atoms with E-state index in [1.54, 1.807) is 0 Å². The molecule has 0 radical (unpaired) electrons. The number of rotatable bonds is 5. The van der Waals surface area contributed by atoms with Crippen LogP contribution in [0.5, 0.6) is 0 Å². The Bertz CT molecular complexity index is 432. The van der Waals surface area contributed by atoms with E-state index in [9.17, 15) is 9.90 Å². The first kappa shape index (κ1) is 15.0.